The molecule has 1 N–H and O–H groups in total. The molecule has 1 atom stereocenters. The Morgan fingerprint density at radius 1 is 1.25 bits per heavy atom. The van der Waals surface area contributed by atoms with E-state index in [0.29, 0.717) is 6.42 Å². The number of hydrogen-bond acceptors (Lipinski definition) is 2. The van der Waals surface area contributed by atoms with Gasteiger partial charge in [-0.2, -0.15) is 11.3 Å². The molecule has 0 fully saturated rings. The topological polar surface area (TPSA) is 37.3 Å². The number of rotatable bonds is 4. The summed E-state index contributed by atoms with van der Waals surface area (Å²) in [5, 5.41) is 13.9. The fraction of sp³-hybridized carbons (Fsp3) is 0.353. The number of thiophene rings is 1. The van der Waals surface area contributed by atoms with Crippen molar-refractivity contribution in [3.8, 4) is 0 Å². The van der Waals surface area contributed by atoms with E-state index in [1.165, 1.54) is 16.7 Å². The molecule has 1 unspecified atom stereocenters. The van der Waals surface area contributed by atoms with E-state index in [-0.39, 0.29) is 0 Å². The van der Waals surface area contributed by atoms with Crippen molar-refractivity contribution in [1.29, 1.82) is 0 Å². The fourth-order valence-electron chi connectivity index (χ4n) is 3.12. The third-order valence-electron chi connectivity index (χ3n) is 4.45. The molecule has 104 valence electrons. The van der Waals surface area contributed by atoms with Crippen LogP contribution in [0.3, 0.4) is 0 Å². The van der Waals surface area contributed by atoms with E-state index < -0.39 is 11.4 Å². The van der Waals surface area contributed by atoms with Crippen molar-refractivity contribution >= 4 is 17.3 Å². The summed E-state index contributed by atoms with van der Waals surface area (Å²) in [5.41, 5.74) is 3.21. The van der Waals surface area contributed by atoms with Crippen LogP contribution >= 0.6 is 11.3 Å². The zero-order valence-electron chi connectivity index (χ0n) is 11.3. The van der Waals surface area contributed by atoms with Gasteiger partial charge in [0.05, 0.1) is 5.41 Å². The van der Waals surface area contributed by atoms with Crippen molar-refractivity contribution in [2.24, 2.45) is 5.41 Å². The molecule has 1 aromatic heterocycles. The summed E-state index contributed by atoms with van der Waals surface area (Å²) >= 11 is 1.67. The van der Waals surface area contributed by atoms with Gasteiger partial charge in [0.15, 0.2) is 0 Å². The van der Waals surface area contributed by atoms with Gasteiger partial charge < -0.3 is 5.11 Å². The zero-order valence-corrected chi connectivity index (χ0v) is 12.2. The maximum Gasteiger partial charge on any atom is 0.309 e. The smallest absolute Gasteiger partial charge is 0.309 e. The molecule has 2 aromatic rings. The number of aryl methyl sites for hydroxylation is 2. The van der Waals surface area contributed by atoms with Crippen molar-refractivity contribution in [2.45, 2.75) is 32.1 Å². The highest BCUT2D eigenvalue weighted by molar-refractivity contribution is 7.07. The number of hydrogen-bond donors (Lipinski definition) is 1. The standard InChI is InChI=1S/C17H18O2S/c18-16(19)17(8-5-13-7-10-20-12-13)9-6-14-3-1-2-4-15(14)11-17/h1-4,7,10,12H,5-6,8-9,11H2,(H,18,19). The summed E-state index contributed by atoms with van der Waals surface area (Å²) < 4.78 is 0. The van der Waals surface area contributed by atoms with Crippen molar-refractivity contribution in [3.05, 3.63) is 57.8 Å². The zero-order chi connectivity index (χ0) is 14.0. The predicted octanol–water partition coefficient (Wildman–Crippen LogP) is 3.94. The molecule has 3 rings (SSSR count). The Balaban J connectivity index is 1.81. The molecule has 2 nitrogen and oxygen atoms in total. The van der Waals surface area contributed by atoms with Crippen molar-refractivity contribution in [3.63, 3.8) is 0 Å². The van der Waals surface area contributed by atoms with Crippen LogP contribution in [0.5, 0.6) is 0 Å². The SMILES string of the molecule is O=C(O)C1(CCc2ccsc2)CCc2ccccc2C1. The first kappa shape index (κ1) is 13.4. The van der Waals surface area contributed by atoms with E-state index in [0.717, 1.165) is 25.7 Å². The lowest BCUT2D eigenvalue weighted by Gasteiger charge is -2.34. The molecule has 0 amide bonds. The van der Waals surface area contributed by atoms with Crippen LogP contribution in [-0.2, 0) is 24.1 Å². The Bertz CT molecular complexity index is 603. The maximum absolute atomic E-state index is 11.8. The molecule has 0 saturated carbocycles. The lowest BCUT2D eigenvalue weighted by molar-refractivity contribution is -0.150. The number of carboxylic acids is 1. The number of fused-ring (bicyclic) bond motifs is 1. The fourth-order valence-corrected chi connectivity index (χ4v) is 3.83. The number of carbonyl (C=O) groups is 1. The van der Waals surface area contributed by atoms with Gasteiger partial charge in [-0.05, 0) is 65.6 Å². The molecule has 1 aliphatic carbocycles. The number of aliphatic carboxylic acids is 1. The second kappa shape index (κ2) is 5.41. The Labute approximate surface area is 123 Å². The molecule has 0 bridgehead atoms. The second-order valence-corrected chi connectivity index (χ2v) is 6.44. The van der Waals surface area contributed by atoms with E-state index in [9.17, 15) is 9.90 Å². The first-order chi connectivity index (χ1) is 9.70. The van der Waals surface area contributed by atoms with Crippen LogP contribution in [-0.4, -0.2) is 11.1 Å². The lowest BCUT2D eigenvalue weighted by Crippen LogP contribution is -2.37. The summed E-state index contributed by atoms with van der Waals surface area (Å²) in [7, 11) is 0. The molecule has 1 heterocycles. The maximum atomic E-state index is 11.8. The summed E-state index contributed by atoms with van der Waals surface area (Å²) in [6.07, 6.45) is 3.89. The van der Waals surface area contributed by atoms with Gasteiger partial charge in [0.25, 0.3) is 0 Å². The van der Waals surface area contributed by atoms with Gasteiger partial charge in [0.2, 0.25) is 0 Å². The molecule has 0 radical (unpaired) electrons. The number of benzene rings is 1. The van der Waals surface area contributed by atoms with Crippen LogP contribution < -0.4 is 0 Å². The minimum atomic E-state index is -0.637. The van der Waals surface area contributed by atoms with Crippen LogP contribution in [0.15, 0.2) is 41.1 Å². The van der Waals surface area contributed by atoms with Crippen molar-refractivity contribution in [1.82, 2.24) is 0 Å². The molecule has 20 heavy (non-hydrogen) atoms. The highest BCUT2D eigenvalue weighted by Crippen LogP contribution is 2.39. The Hall–Kier alpha value is -1.61. The quantitative estimate of drug-likeness (QED) is 0.924. The van der Waals surface area contributed by atoms with Crippen molar-refractivity contribution < 1.29 is 9.90 Å². The molecular weight excluding hydrogens is 268 g/mol. The Morgan fingerprint density at radius 3 is 2.75 bits per heavy atom. The Kier molecular flexibility index (Phi) is 3.62. The van der Waals surface area contributed by atoms with Gasteiger partial charge in [0.1, 0.15) is 0 Å². The lowest BCUT2D eigenvalue weighted by atomic mass is 9.69. The van der Waals surface area contributed by atoms with Gasteiger partial charge in [0, 0.05) is 0 Å². The first-order valence-electron chi connectivity index (χ1n) is 7.01. The third kappa shape index (κ3) is 2.50. The summed E-state index contributed by atoms with van der Waals surface area (Å²) in [6.45, 7) is 0. The monoisotopic (exact) mass is 286 g/mol. The molecule has 0 aliphatic heterocycles. The third-order valence-corrected chi connectivity index (χ3v) is 5.18. The summed E-state index contributed by atoms with van der Waals surface area (Å²) in [6, 6.07) is 10.3. The van der Waals surface area contributed by atoms with Crippen LogP contribution in [0.25, 0.3) is 0 Å². The first-order valence-corrected chi connectivity index (χ1v) is 7.95. The highest BCUT2D eigenvalue weighted by Gasteiger charge is 2.40. The van der Waals surface area contributed by atoms with E-state index in [4.69, 9.17) is 0 Å². The van der Waals surface area contributed by atoms with Gasteiger partial charge in [-0.1, -0.05) is 24.3 Å². The normalized spacial score (nSPS) is 21.4. The average molecular weight is 286 g/mol. The Morgan fingerprint density at radius 2 is 2.05 bits per heavy atom. The molecule has 0 spiro atoms. The van der Waals surface area contributed by atoms with Gasteiger partial charge in [-0.15, -0.1) is 0 Å². The van der Waals surface area contributed by atoms with Crippen LogP contribution in [0.1, 0.15) is 29.5 Å². The van der Waals surface area contributed by atoms with E-state index in [1.54, 1.807) is 11.3 Å². The molecule has 3 heteroatoms. The van der Waals surface area contributed by atoms with E-state index >= 15 is 0 Å². The van der Waals surface area contributed by atoms with Gasteiger partial charge >= 0.3 is 5.97 Å². The average Bonchev–Trinajstić information content (AvgIpc) is 2.98. The molecular formula is C17H18O2S. The molecule has 1 aromatic carbocycles. The van der Waals surface area contributed by atoms with E-state index in [2.05, 4.69) is 29.0 Å². The van der Waals surface area contributed by atoms with Gasteiger partial charge in [-0.3, -0.25) is 4.79 Å². The summed E-state index contributed by atoms with van der Waals surface area (Å²) in [5.74, 6) is -0.637. The van der Waals surface area contributed by atoms with Crippen molar-refractivity contribution in [2.75, 3.05) is 0 Å². The minimum Gasteiger partial charge on any atom is -0.481 e. The second-order valence-electron chi connectivity index (χ2n) is 5.66. The van der Waals surface area contributed by atoms with Gasteiger partial charge in [-0.25, -0.2) is 0 Å². The highest BCUT2D eigenvalue weighted by atomic mass is 32.1. The summed E-state index contributed by atoms with van der Waals surface area (Å²) in [4.78, 5) is 11.8. The van der Waals surface area contributed by atoms with E-state index in [1.807, 2.05) is 12.1 Å². The molecule has 1 aliphatic rings. The number of carboxylic acid groups (broad SMARTS) is 1. The molecule has 0 saturated heterocycles. The van der Waals surface area contributed by atoms with Crippen LogP contribution in [0.4, 0.5) is 0 Å². The largest absolute Gasteiger partial charge is 0.481 e. The van der Waals surface area contributed by atoms with Crippen LogP contribution in [0.2, 0.25) is 0 Å². The van der Waals surface area contributed by atoms with Crippen LogP contribution in [0, 0.1) is 5.41 Å². The predicted molar refractivity (Wildman–Crippen MR) is 81.2 cm³/mol. The minimum absolute atomic E-state index is 0.587.